The first-order chi connectivity index (χ1) is 8.59. The summed E-state index contributed by atoms with van der Waals surface area (Å²) in [5.41, 5.74) is -0.170. The van der Waals surface area contributed by atoms with E-state index in [4.69, 9.17) is 4.74 Å². The van der Waals surface area contributed by atoms with Crippen LogP contribution in [-0.4, -0.2) is 22.8 Å². The molecule has 2 aromatic rings. The van der Waals surface area contributed by atoms with Crippen molar-refractivity contribution in [3.05, 3.63) is 40.3 Å². The summed E-state index contributed by atoms with van der Waals surface area (Å²) < 4.78 is 5.11. The average molecular weight is 246 g/mol. The maximum atomic E-state index is 11.9. The van der Waals surface area contributed by atoms with E-state index in [0.29, 0.717) is 17.4 Å². The second-order valence-corrected chi connectivity index (χ2v) is 4.44. The van der Waals surface area contributed by atoms with Crippen LogP contribution in [0.3, 0.4) is 0 Å². The Morgan fingerprint density at radius 3 is 2.67 bits per heavy atom. The lowest BCUT2D eigenvalue weighted by Gasteiger charge is -2.07. The third-order valence-corrected chi connectivity index (χ3v) is 2.44. The number of nitrogens with zero attached hydrogens (tertiary/aromatic N) is 1. The molecule has 0 saturated carbocycles. The molecule has 0 bridgehead atoms. The van der Waals surface area contributed by atoms with E-state index in [1.807, 2.05) is 13.8 Å². The van der Waals surface area contributed by atoms with Gasteiger partial charge in [0.15, 0.2) is 5.69 Å². The lowest BCUT2D eigenvalue weighted by atomic mass is 10.1. The highest BCUT2D eigenvalue weighted by molar-refractivity contribution is 6.01. The second kappa shape index (κ2) is 5.00. The highest BCUT2D eigenvalue weighted by atomic mass is 16.5. The lowest BCUT2D eigenvalue weighted by molar-refractivity contribution is 0.0453. The topological polar surface area (TPSA) is 72.0 Å². The minimum Gasteiger partial charge on any atom is -0.461 e. The molecule has 0 atom stereocenters. The van der Waals surface area contributed by atoms with Crippen molar-refractivity contribution < 1.29 is 9.53 Å². The molecule has 0 aliphatic heterocycles. The predicted molar refractivity (Wildman–Crippen MR) is 67.5 cm³/mol. The monoisotopic (exact) mass is 246 g/mol. The Morgan fingerprint density at radius 1 is 1.33 bits per heavy atom. The third kappa shape index (κ3) is 2.40. The normalized spacial score (nSPS) is 10.8. The molecule has 94 valence electrons. The maximum Gasteiger partial charge on any atom is 0.359 e. The number of hydrogen-bond donors (Lipinski definition) is 1. The van der Waals surface area contributed by atoms with E-state index in [-0.39, 0.29) is 17.2 Å². The Morgan fingerprint density at radius 2 is 2.00 bits per heavy atom. The molecule has 1 aromatic carbocycles. The summed E-state index contributed by atoms with van der Waals surface area (Å²) in [5, 5.41) is 7.02. The molecular formula is C13H14N2O3. The lowest BCUT2D eigenvalue weighted by Crippen LogP contribution is -2.17. The number of carbonyl (C=O) groups is 1. The minimum atomic E-state index is -0.517. The largest absolute Gasteiger partial charge is 0.461 e. The fourth-order valence-corrected chi connectivity index (χ4v) is 1.58. The molecule has 2 rings (SSSR count). The van der Waals surface area contributed by atoms with E-state index < -0.39 is 5.97 Å². The van der Waals surface area contributed by atoms with Gasteiger partial charge in [-0.1, -0.05) is 32.0 Å². The molecule has 5 heteroatoms. The summed E-state index contributed by atoms with van der Waals surface area (Å²) >= 11 is 0. The van der Waals surface area contributed by atoms with Gasteiger partial charge in [0.2, 0.25) is 0 Å². The van der Waals surface area contributed by atoms with Gasteiger partial charge in [-0.2, -0.15) is 5.10 Å². The molecule has 0 unspecified atom stereocenters. The van der Waals surface area contributed by atoms with Gasteiger partial charge in [-0.25, -0.2) is 9.89 Å². The highest BCUT2D eigenvalue weighted by Crippen LogP contribution is 2.13. The van der Waals surface area contributed by atoms with E-state index in [2.05, 4.69) is 10.2 Å². The van der Waals surface area contributed by atoms with Gasteiger partial charge < -0.3 is 4.74 Å². The smallest absolute Gasteiger partial charge is 0.359 e. The Labute approximate surface area is 104 Å². The predicted octanol–water partition coefficient (Wildman–Crippen LogP) is 1.74. The van der Waals surface area contributed by atoms with Gasteiger partial charge in [0.1, 0.15) is 0 Å². The number of hydrogen-bond acceptors (Lipinski definition) is 4. The van der Waals surface area contributed by atoms with Crippen molar-refractivity contribution in [2.75, 3.05) is 6.61 Å². The van der Waals surface area contributed by atoms with E-state index in [9.17, 15) is 9.59 Å². The number of aromatic nitrogens is 2. The van der Waals surface area contributed by atoms with Crippen LogP contribution in [0.25, 0.3) is 10.8 Å². The van der Waals surface area contributed by atoms with Crippen LogP contribution in [0.1, 0.15) is 24.3 Å². The first-order valence-corrected chi connectivity index (χ1v) is 5.74. The van der Waals surface area contributed by atoms with Crippen LogP contribution in [0, 0.1) is 5.92 Å². The molecule has 5 nitrogen and oxygen atoms in total. The van der Waals surface area contributed by atoms with Crippen LogP contribution < -0.4 is 5.56 Å². The number of fused-ring (bicyclic) bond motifs is 1. The molecular weight excluding hydrogens is 232 g/mol. The van der Waals surface area contributed by atoms with Crippen molar-refractivity contribution in [1.82, 2.24) is 10.2 Å². The first-order valence-electron chi connectivity index (χ1n) is 5.74. The summed E-state index contributed by atoms with van der Waals surface area (Å²) in [6.45, 7) is 4.23. The number of carbonyl (C=O) groups excluding carboxylic acids is 1. The van der Waals surface area contributed by atoms with Crippen LogP contribution in [0.15, 0.2) is 29.1 Å². The van der Waals surface area contributed by atoms with Crippen molar-refractivity contribution in [3.63, 3.8) is 0 Å². The molecule has 1 aromatic heterocycles. The Kier molecular flexibility index (Phi) is 3.41. The van der Waals surface area contributed by atoms with Crippen molar-refractivity contribution in [3.8, 4) is 0 Å². The number of rotatable bonds is 3. The van der Waals surface area contributed by atoms with E-state index in [0.717, 1.165) is 0 Å². The fraction of sp³-hybridized carbons (Fsp3) is 0.308. The molecule has 1 N–H and O–H groups in total. The van der Waals surface area contributed by atoms with Crippen LogP contribution in [-0.2, 0) is 4.74 Å². The fourth-order valence-electron chi connectivity index (χ4n) is 1.58. The molecule has 0 radical (unpaired) electrons. The summed E-state index contributed by atoms with van der Waals surface area (Å²) in [4.78, 5) is 23.4. The number of ether oxygens (including phenoxy) is 1. The van der Waals surface area contributed by atoms with Crippen molar-refractivity contribution >= 4 is 16.7 Å². The molecule has 0 spiro atoms. The Balaban J connectivity index is 2.43. The van der Waals surface area contributed by atoms with Gasteiger partial charge in [-0.3, -0.25) is 4.79 Å². The van der Waals surface area contributed by atoms with Gasteiger partial charge in [-0.05, 0) is 12.0 Å². The molecule has 18 heavy (non-hydrogen) atoms. The molecule has 0 amide bonds. The van der Waals surface area contributed by atoms with Gasteiger partial charge in [0.05, 0.1) is 12.0 Å². The zero-order chi connectivity index (χ0) is 13.1. The van der Waals surface area contributed by atoms with Gasteiger partial charge in [-0.15, -0.1) is 0 Å². The van der Waals surface area contributed by atoms with E-state index in [1.165, 1.54) is 0 Å². The SMILES string of the molecule is CC(C)COC(=O)c1n[nH]c(=O)c2ccccc12. The van der Waals surface area contributed by atoms with Gasteiger partial charge in [0.25, 0.3) is 5.56 Å². The van der Waals surface area contributed by atoms with Crippen molar-refractivity contribution in [1.29, 1.82) is 0 Å². The van der Waals surface area contributed by atoms with Crippen LogP contribution >= 0.6 is 0 Å². The standard InChI is InChI=1S/C13H14N2O3/c1-8(2)7-18-13(17)11-9-5-3-4-6-10(9)12(16)15-14-11/h3-6,8H,7H2,1-2H3,(H,15,16). The zero-order valence-corrected chi connectivity index (χ0v) is 10.3. The van der Waals surface area contributed by atoms with E-state index >= 15 is 0 Å². The van der Waals surface area contributed by atoms with Crippen LogP contribution in [0.5, 0.6) is 0 Å². The third-order valence-electron chi connectivity index (χ3n) is 2.44. The minimum absolute atomic E-state index is 0.144. The number of esters is 1. The summed E-state index contributed by atoms with van der Waals surface area (Å²) in [7, 11) is 0. The van der Waals surface area contributed by atoms with Crippen molar-refractivity contribution in [2.45, 2.75) is 13.8 Å². The summed E-state index contributed by atoms with van der Waals surface area (Å²) in [6, 6.07) is 6.82. The number of H-pyrrole nitrogens is 1. The first kappa shape index (κ1) is 12.3. The molecule has 0 saturated heterocycles. The van der Waals surface area contributed by atoms with Crippen LogP contribution in [0.4, 0.5) is 0 Å². The Hall–Kier alpha value is -2.17. The molecule has 1 heterocycles. The summed E-state index contributed by atoms with van der Waals surface area (Å²) in [6.07, 6.45) is 0. The average Bonchev–Trinajstić information content (AvgIpc) is 2.37. The molecule has 0 aliphatic carbocycles. The van der Waals surface area contributed by atoms with Gasteiger partial charge >= 0.3 is 5.97 Å². The second-order valence-electron chi connectivity index (χ2n) is 4.44. The Bertz CT molecular complexity index is 631. The molecule has 0 aliphatic rings. The highest BCUT2D eigenvalue weighted by Gasteiger charge is 2.15. The molecule has 0 fully saturated rings. The maximum absolute atomic E-state index is 11.9. The van der Waals surface area contributed by atoms with Gasteiger partial charge in [0, 0.05) is 5.39 Å². The number of nitrogens with one attached hydrogen (secondary N) is 1. The summed E-state index contributed by atoms with van der Waals surface area (Å²) in [5.74, 6) is -0.265. The van der Waals surface area contributed by atoms with E-state index in [1.54, 1.807) is 24.3 Å². The number of aromatic amines is 1. The van der Waals surface area contributed by atoms with Crippen LogP contribution in [0.2, 0.25) is 0 Å². The quantitative estimate of drug-likeness (QED) is 0.837. The van der Waals surface area contributed by atoms with Crippen molar-refractivity contribution in [2.24, 2.45) is 5.92 Å². The zero-order valence-electron chi connectivity index (χ0n) is 10.3. The number of benzene rings is 1.